The minimum absolute atomic E-state index is 0.0396. The maximum Gasteiger partial charge on any atom is 0.326 e. The molecule has 27 heteroatoms. The summed E-state index contributed by atoms with van der Waals surface area (Å²) < 4.78 is 43.3. The third-order valence-electron chi connectivity index (χ3n) is 11.9. The molecule has 0 saturated heterocycles. The number of nitrogens with one attached hydrogen (secondary N) is 5. The van der Waals surface area contributed by atoms with Gasteiger partial charge in [-0.1, -0.05) is 16.8 Å². The van der Waals surface area contributed by atoms with Gasteiger partial charge in [-0.15, -0.1) is 5.10 Å². The summed E-state index contributed by atoms with van der Waals surface area (Å²) in [5.41, 5.74) is 8.99. The summed E-state index contributed by atoms with van der Waals surface area (Å²) >= 11 is 6.67. The molecule has 6 heterocycles. The molecule has 0 spiro atoms. The van der Waals surface area contributed by atoms with Crippen molar-refractivity contribution in [3.05, 3.63) is 134 Å². The second-order valence-corrected chi connectivity index (χ2v) is 18.0. The Labute approximate surface area is 447 Å². The lowest BCUT2D eigenvalue weighted by Gasteiger charge is -2.20. The number of nitrogen functional groups attached to an aromatic ring is 1. The van der Waals surface area contributed by atoms with Crippen molar-refractivity contribution in [2.45, 2.75) is 77.7 Å². The van der Waals surface area contributed by atoms with Crippen LogP contribution in [0.25, 0.3) is 33.5 Å². The first-order chi connectivity index (χ1) is 37.6. The number of aromatic amines is 1. The van der Waals surface area contributed by atoms with Gasteiger partial charge in [-0.3, -0.25) is 24.0 Å². The van der Waals surface area contributed by atoms with Gasteiger partial charge in [0.2, 0.25) is 11.9 Å². The molecule has 0 aliphatic rings. The minimum Gasteiger partial charge on any atom is -0.480 e. The van der Waals surface area contributed by atoms with Crippen molar-refractivity contribution in [3.63, 3.8) is 0 Å². The fourth-order valence-electron chi connectivity index (χ4n) is 7.87. The highest BCUT2D eigenvalue weighted by atomic mass is 35.5. The molecule has 2 atom stereocenters. The van der Waals surface area contributed by atoms with Crippen LogP contribution >= 0.6 is 11.6 Å². The number of nitriles is 1. The number of anilines is 3. The number of halogens is 3. The molecule has 8 N–H and O–H groups in total. The van der Waals surface area contributed by atoms with Gasteiger partial charge in [-0.05, 0) is 82.0 Å². The number of aryl methyl sites for hydroxylation is 2. The number of pyridine rings is 2. The Hall–Kier alpha value is -9.35. The first kappa shape index (κ1) is 54.9. The summed E-state index contributed by atoms with van der Waals surface area (Å²) in [6.45, 7) is 4.95. The van der Waals surface area contributed by atoms with Crippen LogP contribution in [0, 0.1) is 29.9 Å². The number of rotatable bonds is 25. The normalized spacial score (nSPS) is 11.9. The first-order valence-corrected chi connectivity index (χ1v) is 24.7. The van der Waals surface area contributed by atoms with Gasteiger partial charge in [0.15, 0.2) is 17.0 Å². The largest absolute Gasteiger partial charge is 0.480 e. The van der Waals surface area contributed by atoms with Crippen LogP contribution in [0.5, 0.6) is 6.01 Å². The van der Waals surface area contributed by atoms with Gasteiger partial charge >= 0.3 is 12.0 Å². The standard InChI is InChI=1S/C51H50ClF2N17O7/c1-27(35-18-29(20-55)6-11-36(35)53)63-44-41(52)28(2)62-39-19-37(54)42(66-43(39)44)31-21-60-51(61-22-31)78-16-5-3-4-15-71-25-34(69-70-71)26-77-17-14-57-40(72)13-12-38(49(75)76)65-47(73)30-7-9-32(10-8-30)58-23-33-24-59-46-45(64-33)48(74)68-50(56)67-46/h6-11,18-19,21-22,24-25,27,38,58H,3-5,12-17,23,26H2,1-2H3,(H,57,72)(H,62,63)(H,65,73)(H,75,76)(H3,56,59,67,68,74)/t27-,38+/m1/s1. The Bertz CT molecular complexity index is 3580. The molecule has 2 aromatic carbocycles. The van der Waals surface area contributed by atoms with E-state index in [0.29, 0.717) is 48.0 Å². The molecular formula is C51H50ClF2N17O7. The Morgan fingerprint density at radius 2 is 1.74 bits per heavy atom. The number of nitrogens with zero attached hydrogens (tertiary/aromatic N) is 11. The third-order valence-corrected chi connectivity index (χ3v) is 12.4. The molecule has 402 valence electrons. The van der Waals surface area contributed by atoms with E-state index in [-0.39, 0.29) is 106 Å². The molecule has 0 unspecified atom stereocenters. The highest BCUT2D eigenvalue weighted by Gasteiger charge is 2.23. The van der Waals surface area contributed by atoms with Crippen LogP contribution < -0.4 is 37.3 Å². The quantitative estimate of drug-likeness (QED) is 0.0336. The van der Waals surface area contributed by atoms with Gasteiger partial charge in [-0.2, -0.15) is 10.2 Å². The number of ether oxygens (including phenoxy) is 2. The summed E-state index contributed by atoms with van der Waals surface area (Å²) in [7, 11) is 0. The Kier molecular flexibility index (Phi) is 17.9. The molecule has 8 rings (SSSR count). The molecule has 0 fully saturated rings. The zero-order valence-corrected chi connectivity index (χ0v) is 42.6. The SMILES string of the molecule is Cc1nc2cc(F)c(-c3cnc(OCCCCCn4cc(COCCNC(=O)CC[C@H](NC(=O)c5ccc(NCc6cnc7nc(N)[nH]c(=O)c7n6)cc5)C(=O)O)nn4)nc3)nc2c(N[C@H](C)c2cc(C#N)ccc2F)c1Cl. The average molecular weight is 1090 g/mol. The number of aliphatic carboxylic acids is 1. The van der Waals surface area contributed by atoms with E-state index < -0.39 is 47.1 Å². The number of hydrogen-bond donors (Lipinski definition) is 7. The number of amides is 2. The predicted molar refractivity (Wildman–Crippen MR) is 280 cm³/mol. The van der Waals surface area contributed by atoms with Crippen molar-refractivity contribution in [3.8, 4) is 23.3 Å². The van der Waals surface area contributed by atoms with E-state index in [9.17, 15) is 33.9 Å². The van der Waals surface area contributed by atoms with E-state index in [1.807, 2.05) is 6.07 Å². The zero-order chi connectivity index (χ0) is 55.3. The molecule has 24 nitrogen and oxygen atoms in total. The number of H-pyrrole nitrogens is 1. The highest BCUT2D eigenvalue weighted by molar-refractivity contribution is 6.35. The maximum atomic E-state index is 15.5. The topological polar surface area (TPSA) is 342 Å². The van der Waals surface area contributed by atoms with Crippen LogP contribution in [0.3, 0.4) is 0 Å². The van der Waals surface area contributed by atoms with E-state index in [1.54, 1.807) is 36.9 Å². The Morgan fingerprint density at radius 1 is 0.949 bits per heavy atom. The first-order valence-electron chi connectivity index (χ1n) is 24.3. The van der Waals surface area contributed by atoms with Crippen LogP contribution in [0.2, 0.25) is 5.02 Å². The van der Waals surface area contributed by atoms with Crippen molar-refractivity contribution in [2.24, 2.45) is 0 Å². The van der Waals surface area contributed by atoms with Crippen LogP contribution in [0.15, 0.2) is 78.1 Å². The van der Waals surface area contributed by atoms with Gasteiger partial charge in [0.05, 0.1) is 84.0 Å². The number of carboxylic acid groups (broad SMARTS) is 1. The second-order valence-electron chi connectivity index (χ2n) is 17.6. The number of nitrogens with two attached hydrogens (primary N) is 1. The van der Waals surface area contributed by atoms with Crippen molar-refractivity contribution in [1.82, 2.24) is 65.5 Å². The van der Waals surface area contributed by atoms with Crippen molar-refractivity contribution < 1.29 is 37.7 Å². The van der Waals surface area contributed by atoms with Crippen LogP contribution in [0.4, 0.5) is 26.1 Å². The van der Waals surface area contributed by atoms with Gasteiger partial charge in [0.1, 0.15) is 28.8 Å². The number of carbonyl (C=O) groups excluding carboxylic acids is 2. The number of carboxylic acids is 1. The number of aromatic nitrogens is 11. The van der Waals surface area contributed by atoms with E-state index >= 15 is 4.39 Å². The average Bonchev–Trinajstić information content (AvgIpc) is 3.95. The summed E-state index contributed by atoms with van der Waals surface area (Å²) in [4.78, 5) is 81.7. The van der Waals surface area contributed by atoms with Gasteiger partial charge in [-0.25, -0.2) is 43.5 Å². The second kappa shape index (κ2) is 25.5. The van der Waals surface area contributed by atoms with Gasteiger partial charge in [0.25, 0.3) is 11.5 Å². The van der Waals surface area contributed by atoms with E-state index in [1.165, 1.54) is 55.0 Å². The number of fused-ring (bicyclic) bond motifs is 2. The molecule has 8 aromatic rings. The smallest absolute Gasteiger partial charge is 0.326 e. The number of carbonyl (C=O) groups is 3. The molecule has 78 heavy (non-hydrogen) atoms. The fraction of sp³-hybridized carbons (Fsp3) is 0.294. The molecule has 6 aromatic heterocycles. The Morgan fingerprint density at radius 3 is 2.51 bits per heavy atom. The molecule has 0 aliphatic carbocycles. The fourth-order valence-corrected chi connectivity index (χ4v) is 8.06. The van der Waals surface area contributed by atoms with E-state index in [2.05, 4.69) is 71.5 Å². The Balaban J connectivity index is 0.698. The maximum absolute atomic E-state index is 15.5. The van der Waals surface area contributed by atoms with E-state index in [4.69, 9.17) is 26.8 Å². The summed E-state index contributed by atoms with van der Waals surface area (Å²) in [6, 6.07) is 11.7. The lowest BCUT2D eigenvalue weighted by molar-refractivity contribution is -0.139. The third kappa shape index (κ3) is 14.1. The monoisotopic (exact) mass is 1090 g/mol. The van der Waals surface area contributed by atoms with E-state index in [0.717, 1.165) is 12.8 Å². The highest BCUT2D eigenvalue weighted by Crippen LogP contribution is 2.36. The summed E-state index contributed by atoms with van der Waals surface area (Å²) in [5.74, 6) is -3.59. The molecule has 2 amide bonds. The molecule has 0 aliphatic heterocycles. The van der Waals surface area contributed by atoms with Crippen molar-refractivity contribution in [2.75, 3.05) is 36.1 Å². The molecule has 0 saturated carbocycles. The number of benzene rings is 2. The van der Waals surface area contributed by atoms with Crippen LogP contribution in [-0.4, -0.2) is 104 Å². The summed E-state index contributed by atoms with van der Waals surface area (Å²) in [6.07, 6.45) is 7.93. The van der Waals surface area contributed by atoms with Gasteiger partial charge in [0, 0.05) is 60.3 Å². The van der Waals surface area contributed by atoms with Crippen molar-refractivity contribution in [1.29, 1.82) is 5.26 Å². The minimum atomic E-state index is -1.32. The van der Waals surface area contributed by atoms with Crippen LogP contribution in [0.1, 0.15) is 83.6 Å². The van der Waals surface area contributed by atoms with Crippen LogP contribution in [-0.2, 0) is 34.0 Å². The molecule has 0 radical (unpaired) electrons. The summed E-state index contributed by atoms with van der Waals surface area (Å²) in [5, 5.41) is 39.0. The molecular weight excluding hydrogens is 1040 g/mol. The lowest BCUT2D eigenvalue weighted by Crippen LogP contribution is -2.41. The zero-order valence-electron chi connectivity index (χ0n) is 41.9. The lowest BCUT2D eigenvalue weighted by atomic mass is 10.0. The molecule has 0 bridgehead atoms. The number of hydrogen-bond acceptors (Lipinski definition) is 19. The number of unbranched alkanes of at least 4 members (excludes halogenated alkanes) is 2. The van der Waals surface area contributed by atoms with Crippen molar-refractivity contribution >= 4 is 68.9 Å². The predicted octanol–water partition coefficient (Wildman–Crippen LogP) is 5.73. The van der Waals surface area contributed by atoms with Gasteiger partial charge < -0.3 is 41.6 Å².